The molecule has 20 heavy (non-hydrogen) atoms. The second kappa shape index (κ2) is 6.21. The molecular weight excluding hydrogens is 246 g/mol. The molecule has 0 aliphatic heterocycles. The Morgan fingerprint density at radius 2 is 1.55 bits per heavy atom. The molecule has 0 spiro atoms. The van der Waals surface area contributed by atoms with E-state index in [1.807, 2.05) is 0 Å². The van der Waals surface area contributed by atoms with Crippen molar-refractivity contribution in [2.75, 3.05) is 0 Å². The third-order valence-corrected chi connectivity index (χ3v) is 4.03. The largest absolute Gasteiger partial charge is 0.393 e. The van der Waals surface area contributed by atoms with Crippen LogP contribution in [0, 0.1) is 0 Å². The topological polar surface area (TPSA) is 32.3 Å². The van der Waals surface area contributed by atoms with Gasteiger partial charge in [-0.05, 0) is 30.4 Å². The maximum absolute atomic E-state index is 9.45. The lowest BCUT2D eigenvalue weighted by atomic mass is 9.87. The van der Waals surface area contributed by atoms with E-state index in [1.165, 1.54) is 11.1 Å². The van der Waals surface area contributed by atoms with Crippen molar-refractivity contribution in [1.82, 2.24) is 5.32 Å². The molecule has 2 aromatic rings. The molecular formula is C18H21NO. The molecule has 1 fully saturated rings. The van der Waals surface area contributed by atoms with E-state index in [0.29, 0.717) is 12.1 Å². The number of hydrogen-bond donors (Lipinski definition) is 2. The molecule has 2 N–H and O–H groups in total. The van der Waals surface area contributed by atoms with Crippen LogP contribution in [-0.2, 0) is 6.42 Å². The predicted molar refractivity (Wildman–Crippen MR) is 81.5 cm³/mol. The summed E-state index contributed by atoms with van der Waals surface area (Å²) >= 11 is 0. The highest BCUT2D eigenvalue weighted by Gasteiger charge is 2.29. The van der Waals surface area contributed by atoms with Crippen molar-refractivity contribution in [1.29, 1.82) is 0 Å². The highest BCUT2D eigenvalue weighted by Crippen LogP contribution is 2.25. The zero-order valence-corrected chi connectivity index (χ0v) is 11.6. The Kier molecular flexibility index (Phi) is 4.14. The number of aliphatic hydroxyl groups excluding tert-OH is 1. The number of hydrogen-bond acceptors (Lipinski definition) is 2. The van der Waals surface area contributed by atoms with Gasteiger partial charge in [-0.15, -0.1) is 0 Å². The van der Waals surface area contributed by atoms with Gasteiger partial charge in [0.1, 0.15) is 0 Å². The van der Waals surface area contributed by atoms with Crippen LogP contribution >= 0.6 is 0 Å². The number of nitrogens with one attached hydrogen (secondary N) is 1. The Hall–Kier alpha value is -1.64. The van der Waals surface area contributed by atoms with Crippen molar-refractivity contribution >= 4 is 0 Å². The van der Waals surface area contributed by atoms with Crippen LogP contribution in [0.5, 0.6) is 0 Å². The minimum atomic E-state index is -0.111. The Balaban J connectivity index is 1.73. The summed E-state index contributed by atoms with van der Waals surface area (Å²) in [4.78, 5) is 0. The van der Waals surface area contributed by atoms with Crippen molar-refractivity contribution in [3.05, 3.63) is 71.8 Å². The van der Waals surface area contributed by atoms with Crippen molar-refractivity contribution in [2.45, 2.75) is 37.5 Å². The Morgan fingerprint density at radius 3 is 2.15 bits per heavy atom. The summed E-state index contributed by atoms with van der Waals surface area (Å²) in [5.41, 5.74) is 2.66. The molecule has 0 heterocycles. The summed E-state index contributed by atoms with van der Waals surface area (Å²) < 4.78 is 0. The monoisotopic (exact) mass is 267 g/mol. The van der Waals surface area contributed by atoms with Crippen LogP contribution in [0.25, 0.3) is 0 Å². The molecule has 104 valence electrons. The van der Waals surface area contributed by atoms with Gasteiger partial charge >= 0.3 is 0 Å². The van der Waals surface area contributed by atoms with Gasteiger partial charge in [0.25, 0.3) is 0 Å². The van der Waals surface area contributed by atoms with Crippen LogP contribution < -0.4 is 5.32 Å². The van der Waals surface area contributed by atoms with Crippen LogP contribution in [0.3, 0.4) is 0 Å². The molecule has 1 saturated carbocycles. The molecule has 0 bridgehead atoms. The van der Waals surface area contributed by atoms with Gasteiger partial charge in [-0.2, -0.15) is 0 Å². The van der Waals surface area contributed by atoms with E-state index in [9.17, 15) is 5.11 Å². The highest BCUT2D eigenvalue weighted by molar-refractivity contribution is 5.24. The van der Waals surface area contributed by atoms with Crippen molar-refractivity contribution in [2.24, 2.45) is 0 Å². The number of benzene rings is 2. The zero-order chi connectivity index (χ0) is 13.8. The van der Waals surface area contributed by atoms with E-state index >= 15 is 0 Å². The molecule has 3 rings (SSSR count). The van der Waals surface area contributed by atoms with Gasteiger partial charge in [0.15, 0.2) is 0 Å². The van der Waals surface area contributed by atoms with Crippen LogP contribution in [0.4, 0.5) is 0 Å². The lowest BCUT2D eigenvalue weighted by molar-refractivity contribution is 0.0576. The van der Waals surface area contributed by atoms with E-state index in [4.69, 9.17) is 0 Å². The summed E-state index contributed by atoms with van der Waals surface area (Å²) in [5, 5.41) is 13.1. The normalized spacial score (nSPS) is 23.1. The molecule has 2 heteroatoms. The van der Waals surface area contributed by atoms with E-state index in [0.717, 1.165) is 19.3 Å². The Labute approximate surface area is 120 Å². The summed E-state index contributed by atoms with van der Waals surface area (Å²) in [7, 11) is 0. The Morgan fingerprint density at radius 1 is 0.950 bits per heavy atom. The van der Waals surface area contributed by atoms with Gasteiger partial charge in [-0.3, -0.25) is 0 Å². The fraction of sp³-hybridized carbons (Fsp3) is 0.333. The van der Waals surface area contributed by atoms with E-state index < -0.39 is 0 Å². The number of aliphatic hydroxyl groups is 1. The smallest absolute Gasteiger partial charge is 0.0570 e. The minimum absolute atomic E-state index is 0.111. The van der Waals surface area contributed by atoms with Gasteiger partial charge in [0.05, 0.1) is 6.10 Å². The average molecular weight is 267 g/mol. The zero-order valence-electron chi connectivity index (χ0n) is 11.6. The maximum atomic E-state index is 9.45. The molecule has 0 saturated heterocycles. The lowest BCUT2D eigenvalue weighted by Gasteiger charge is -2.35. The van der Waals surface area contributed by atoms with Crippen molar-refractivity contribution < 1.29 is 5.11 Å². The molecule has 1 atom stereocenters. The predicted octanol–water partition coefficient (Wildman–Crippen LogP) is 3.08. The minimum Gasteiger partial charge on any atom is -0.393 e. The second-order valence-corrected chi connectivity index (χ2v) is 5.64. The summed E-state index contributed by atoms with van der Waals surface area (Å²) in [5.74, 6) is 0. The van der Waals surface area contributed by atoms with Crippen molar-refractivity contribution in [3.63, 3.8) is 0 Å². The van der Waals surface area contributed by atoms with Gasteiger partial charge in [0, 0.05) is 12.1 Å². The van der Waals surface area contributed by atoms with Crippen LogP contribution in [0.15, 0.2) is 60.7 Å². The summed E-state index contributed by atoms with van der Waals surface area (Å²) in [6.07, 6.45) is 2.62. The first-order chi connectivity index (χ1) is 9.81. The van der Waals surface area contributed by atoms with Gasteiger partial charge in [-0.25, -0.2) is 0 Å². The third kappa shape index (κ3) is 3.27. The molecule has 0 aromatic heterocycles. The fourth-order valence-corrected chi connectivity index (χ4v) is 2.82. The van der Waals surface area contributed by atoms with Gasteiger partial charge in [0.2, 0.25) is 0 Å². The molecule has 0 radical (unpaired) electrons. The number of rotatable bonds is 5. The third-order valence-electron chi connectivity index (χ3n) is 4.03. The molecule has 1 aliphatic rings. The summed E-state index contributed by atoms with van der Waals surface area (Å²) in [6.45, 7) is 0. The van der Waals surface area contributed by atoms with Gasteiger partial charge < -0.3 is 10.4 Å². The van der Waals surface area contributed by atoms with E-state index in [1.54, 1.807) is 0 Å². The highest BCUT2D eigenvalue weighted by atomic mass is 16.3. The fourth-order valence-electron chi connectivity index (χ4n) is 2.82. The van der Waals surface area contributed by atoms with Crippen LogP contribution in [-0.4, -0.2) is 17.3 Å². The molecule has 0 amide bonds. The van der Waals surface area contributed by atoms with E-state index in [2.05, 4.69) is 66.0 Å². The first kappa shape index (κ1) is 13.3. The standard InChI is InChI=1S/C18H21NO/c20-17-12-16(13-17)19-18(15-9-5-2-6-10-15)11-14-7-3-1-4-8-14/h1-10,16-20H,11-13H2. The lowest BCUT2D eigenvalue weighted by Crippen LogP contribution is -2.46. The van der Waals surface area contributed by atoms with Crippen LogP contribution in [0.1, 0.15) is 30.0 Å². The SMILES string of the molecule is OC1CC(NC(Cc2ccccc2)c2ccccc2)C1. The molecule has 2 nitrogen and oxygen atoms in total. The maximum Gasteiger partial charge on any atom is 0.0570 e. The summed E-state index contributed by atoms with van der Waals surface area (Å²) in [6, 6.07) is 21.9. The average Bonchev–Trinajstić information content (AvgIpc) is 2.47. The van der Waals surface area contributed by atoms with Crippen LogP contribution in [0.2, 0.25) is 0 Å². The quantitative estimate of drug-likeness (QED) is 0.872. The molecule has 2 aromatic carbocycles. The second-order valence-electron chi connectivity index (χ2n) is 5.64. The van der Waals surface area contributed by atoms with Crippen molar-refractivity contribution in [3.8, 4) is 0 Å². The first-order valence-electron chi connectivity index (χ1n) is 7.34. The Bertz CT molecular complexity index is 520. The van der Waals surface area contributed by atoms with Gasteiger partial charge in [-0.1, -0.05) is 60.7 Å². The molecule has 1 aliphatic carbocycles. The first-order valence-corrected chi connectivity index (χ1v) is 7.34. The van der Waals surface area contributed by atoms with E-state index in [-0.39, 0.29) is 6.10 Å². The molecule has 1 unspecified atom stereocenters.